The van der Waals surface area contributed by atoms with E-state index in [4.69, 9.17) is 5.73 Å². The predicted octanol–water partition coefficient (Wildman–Crippen LogP) is 2.57. The summed E-state index contributed by atoms with van der Waals surface area (Å²) < 4.78 is 13.3. The van der Waals surface area contributed by atoms with Crippen LogP contribution in [0, 0.1) is 12.7 Å². The van der Waals surface area contributed by atoms with Gasteiger partial charge in [0.15, 0.2) is 0 Å². The van der Waals surface area contributed by atoms with Crippen molar-refractivity contribution in [2.75, 3.05) is 25.4 Å². The average molecular weight is 268 g/mol. The zero-order chi connectivity index (χ0) is 13.1. The number of nitrogens with zero attached hydrogens (tertiary/aromatic N) is 1. The van der Waals surface area contributed by atoms with E-state index in [1.54, 1.807) is 13.0 Å². The number of nitrogens with two attached hydrogens (primary N) is 1. The molecule has 1 saturated heterocycles. The van der Waals surface area contributed by atoms with Crippen LogP contribution in [0.3, 0.4) is 0 Å². The molecule has 1 aliphatic rings. The lowest BCUT2D eigenvalue weighted by molar-refractivity contribution is 0.211. The van der Waals surface area contributed by atoms with Crippen LogP contribution in [0.5, 0.6) is 0 Å². The van der Waals surface area contributed by atoms with E-state index < -0.39 is 0 Å². The second kappa shape index (κ2) is 6.04. The molecular weight excluding hydrogens is 247 g/mol. The molecule has 0 aromatic heterocycles. The fourth-order valence-electron chi connectivity index (χ4n) is 2.50. The first-order chi connectivity index (χ1) is 8.61. The molecule has 0 bridgehead atoms. The molecule has 1 heterocycles. The van der Waals surface area contributed by atoms with E-state index in [-0.39, 0.29) is 11.9 Å². The van der Waals surface area contributed by atoms with Gasteiger partial charge in [0.1, 0.15) is 5.82 Å². The van der Waals surface area contributed by atoms with Gasteiger partial charge in [-0.1, -0.05) is 19.1 Å². The Labute approximate surface area is 113 Å². The highest BCUT2D eigenvalue weighted by Gasteiger charge is 2.24. The molecule has 0 saturated carbocycles. The minimum absolute atomic E-state index is 0.142. The van der Waals surface area contributed by atoms with Crippen LogP contribution in [0.2, 0.25) is 0 Å². The predicted molar refractivity (Wildman–Crippen MR) is 76.4 cm³/mol. The Hall–Kier alpha value is -0.580. The van der Waals surface area contributed by atoms with Crippen molar-refractivity contribution in [1.29, 1.82) is 0 Å². The van der Waals surface area contributed by atoms with E-state index in [0.717, 1.165) is 24.4 Å². The number of thioether (sulfide) groups is 1. The maximum absolute atomic E-state index is 13.3. The fraction of sp³-hybridized carbons (Fsp3) is 0.571. The lowest BCUT2D eigenvalue weighted by Gasteiger charge is -2.36. The second-order valence-electron chi connectivity index (χ2n) is 4.94. The highest BCUT2D eigenvalue weighted by atomic mass is 32.2. The SMILES string of the molecule is Cc1cc(C(CN)N2CCSC(C)C2)ccc1F. The molecule has 100 valence electrons. The van der Waals surface area contributed by atoms with Crippen molar-refractivity contribution in [3.05, 3.63) is 35.1 Å². The molecule has 2 rings (SSSR count). The molecule has 1 aromatic carbocycles. The molecule has 2 nitrogen and oxygen atoms in total. The van der Waals surface area contributed by atoms with E-state index in [9.17, 15) is 4.39 Å². The van der Waals surface area contributed by atoms with Gasteiger partial charge in [-0.3, -0.25) is 4.90 Å². The summed E-state index contributed by atoms with van der Waals surface area (Å²) in [6, 6.07) is 5.56. The topological polar surface area (TPSA) is 29.3 Å². The number of rotatable bonds is 3. The number of hydrogen-bond acceptors (Lipinski definition) is 3. The highest BCUT2D eigenvalue weighted by molar-refractivity contribution is 7.99. The van der Waals surface area contributed by atoms with Crippen molar-refractivity contribution < 1.29 is 4.39 Å². The Morgan fingerprint density at radius 2 is 2.33 bits per heavy atom. The van der Waals surface area contributed by atoms with Gasteiger partial charge in [-0.25, -0.2) is 4.39 Å². The van der Waals surface area contributed by atoms with Crippen LogP contribution in [-0.4, -0.2) is 35.5 Å². The van der Waals surface area contributed by atoms with Gasteiger partial charge >= 0.3 is 0 Å². The van der Waals surface area contributed by atoms with Crippen molar-refractivity contribution in [3.8, 4) is 0 Å². The van der Waals surface area contributed by atoms with E-state index in [1.807, 2.05) is 23.9 Å². The van der Waals surface area contributed by atoms with Crippen molar-refractivity contribution >= 4 is 11.8 Å². The minimum Gasteiger partial charge on any atom is -0.329 e. The Kier molecular flexibility index (Phi) is 4.65. The first-order valence-electron chi connectivity index (χ1n) is 6.43. The molecule has 4 heteroatoms. The third-order valence-corrected chi connectivity index (χ3v) is 4.64. The van der Waals surface area contributed by atoms with E-state index in [0.29, 0.717) is 17.4 Å². The van der Waals surface area contributed by atoms with Gasteiger partial charge in [-0.05, 0) is 24.1 Å². The smallest absolute Gasteiger partial charge is 0.126 e. The average Bonchev–Trinajstić information content (AvgIpc) is 2.35. The van der Waals surface area contributed by atoms with Gasteiger partial charge in [0, 0.05) is 36.7 Å². The minimum atomic E-state index is -0.142. The Morgan fingerprint density at radius 3 is 2.94 bits per heavy atom. The summed E-state index contributed by atoms with van der Waals surface area (Å²) in [4.78, 5) is 2.42. The Balaban J connectivity index is 2.18. The number of aryl methyl sites for hydroxylation is 1. The zero-order valence-corrected chi connectivity index (χ0v) is 11.8. The summed E-state index contributed by atoms with van der Waals surface area (Å²) in [6.45, 7) is 6.76. The molecule has 0 aliphatic carbocycles. The monoisotopic (exact) mass is 268 g/mol. The highest BCUT2D eigenvalue weighted by Crippen LogP contribution is 2.27. The van der Waals surface area contributed by atoms with Gasteiger partial charge in [-0.15, -0.1) is 0 Å². The van der Waals surface area contributed by atoms with Crippen LogP contribution in [0.15, 0.2) is 18.2 Å². The third-order valence-electron chi connectivity index (χ3n) is 3.50. The summed E-state index contributed by atoms with van der Waals surface area (Å²) in [7, 11) is 0. The van der Waals surface area contributed by atoms with Gasteiger partial charge < -0.3 is 5.73 Å². The summed E-state index contributed by atoms with van der Waals surface area (Å²) >= 11 is 2.01. The van der Waals surface area contributed by atoms with Gasteiger partial charge in [0.05, 0.1) is 0 Å². The van der Waals surface area contributed by atoms with Gasteiger partial charge in [0.25, 0.3) is 0 Å². The third kappa shape index (κ3) is 3.05. The van der Waals surface area contributed by atoms with Gasteiger partial charge in [0.2, 0.25) is 0 Å². The summed E-state index contributed by atoms with van der Waals surface area (Å²) in [5, 5.41) is 0.648. The number of benzene rings is 1. The maximum Gasteiger partial charge on any atom is 0.126 e. The van der Waals surface area contributed by atoms with E-state index >= 15 is 0 Å². The molecule has 2 unspecified atom stereocenters. The normalized spacial score (nSPS) is 23.0. The summed E-state index contributed by atoms with van der Waals surface area (Å²) in [5.74, 6) is 1.01. The lowest BCUT2D eigenvalue weighted by atomic mass is 10.0. The van der Waals surface area contributed by atoms with Crippen molar-refractivity contribution in [2.24, 2.45) is 5.73 Å². The fourth-order valence-corrected chi connectivity index (χ4v) is 3.54. The van der Waals surface area contributed by atoms with Crippen molar-refractivity contribution in [2.45, 2.75) is 25.1 Å². The molecule has 0 amide bonds. The molecule has 2 atom stereocenters. The Bertz CT molecular complexity index is 411. The summed E-state index contributed by atoms with van der Waals surface area (Å²) in [5.41, 5.74) is 7.76. The molecule has 2 N–H and O–H groups in total. The molecule has 0 radical (unpaired) electrons. The molecule has 1 fully saturated rings. The van der Waals surface area contributed by atoms with Crippen LogP contribution in [0.25, 0.3) is 0 Å². The Morgan fingerprint density at radius 1 is 1.56 bits per heavy atom. The molecule has 18 heavy (non-hydrogen) atoms. The summed E-state index contributed by atoms with van der Waals surface area (Å²) in [6.07, 6.45) is 0. The standard InChI is InChI=1S/C14H21FN2S/c1-10-7-12(3-4-13(10)15)14(8-16)17-5-6-18-11(2)9-17/h3-4,7,11,14H,5-6,8-9,16H2,1-2H3. The van der Waals surface area contributed by atoms with Gasteiger partial charge in [-0.2, -0.15) is 11.8 Å². The zero-order valence-electron chi connectivity index (χ0n) is 11.0. The maximum atomic E-state index is 13.3. The number of halogens is 1. The number of hydrogen-bond donors (Lipinski definition) is 1. The molecule has 0 spiro atoms. The van der Waals surface area contributed by atoms with Crippen LogP contribution in [0.4, 0.5) is 4.39 Å². The van der Waals surface area contributed by atoms with Crippen molar-refractivity contribution in [3.63, 3.8) is 0 Å². The molecule has 1 aromatic rings. The van der Waals surface area contributed by atoms with Crippen LogP contribution >= 0.6 is 11.8 Å². The first kappa shape index (κ1) is 13.8. The van der Waals surface area contributed by atoms with Crippen LogP contribution in [0.1, 0.15) is 24.1 Å². The largest absolute Gasteiger partial charge is 0.329 e. The molecule has 1 aliphatic heterocycles. The lowest BCUT2D eigenvalue weighted by Crippen LogP contribution is -2.42. The van der Waals surface area contributed by atoms with Crippen molar-refractivity contribution in [1.82, 2.24) is 4.90 Å². The second-order valence-corrected chi connectivity index (χ2v) is 6.48. The van der Waals surface area contributed by atoms with E-state index in [2.05, 4.69) is 11.8 Å². The quantitative estimate of drug-likeness (QED) is 0.913. The first-order valence-corrected chi connectivity index (χ1v) is 7.48. The van der Waals surface area contributed by atoms with Crippen LogP contribution < -0.4 is 5.73 Å². The molecular formula is C14H21FN2S. The van der Waals surface area contributed by atoms with Crippen LogP contribution in [-0.2, 0) is 0 Å². The van der Waals surface area contributed by atoms with E-state index in [1.165, 1.54) is 0 Å².